The summed E-state index contributed by atoms with van der Waals surface area (Å²) in [5.74, 6) is 0.780. The van der Waals surface area contributed by atoms with Crippen LogP contribution in [0.3, 0.4) is 0 Å². The number of ether oxygens (including phenoxy) is 1. The lowest BCUT2D eigenvalue weighted by Gasteiger charge is -2.24. The highest BCUT2D eigenvalue weighted by Crippen LogP contribution is 2.39. The fraction of sp³-hybridized carbons (Fsp3) is 0.318. The molecule has 136 valence electrons. The van der Waals surface area contributed by atoms with Gasteiger partial charge in [-0.05, 0) is 45.7 Å². The molecule has 3 rings (SSSR count). The van der Waals surface area contributed by atoms with E-state index in [1.54, 1.807) is 18.7 Å². The minimum absolute atomic E-state index is 0.0341. The minimum atomic E-state index is -0.112. The monoisotopic (exact) mass is 351 g/mol. The average molecular weight is 351 g/mol. The molecule has 0 atom stereocenters. The van der Waals surface area contributed by atoms with Crippen LogP contribution in [0.2, 0.25) is 0 Å². The van der Waals surface area contributed by atoms with E-state index in [0.717, 1.165) is 33.4 Å². The van der Waals surface area contributed by atoms with Gasteiger partial charge < -0.3 is 14.4 Å². The Kier molecular flexibility index (Phi) is 4.63. The van der Waals surface area contributed by atoms with Crippen LogP contribution >= 0.6 is 0 Å². The third-order valence-electron chi connectivity index (χ3n) is 4.78. The Morgan fingerprint density at radius 1 is 1.08 bits per heavy atom. The molecule has 0 saturated heterocycles. The minimum Gasteiger partial charge on any atom is -0.496 e. The van der Waals surface area contributed by atoms with Crippen LogP contribution < -0.4 is 10.3 Å². The summed E-state index contributed by atoms with van der Waals surface area (Å²) in [6.07, 6.45) is 1.83. The van der Waals surface area contributed by atoms with Crippen molar-refractivity contribution in [3.63, 3.8) is 0 Å². The first-order chi connectivity index (χ1) is 12.3. The average Bonchev–Trinajstić information content (AvgIpc) is 2.62. The normalized spacial score (nSPS) is 11.8. The van der Waals surface area contributed by atoms with Gasteiger partial charge in [0.25, 0.3) is 5.56 Å². The Morgan fingerprint density at radius 3 is 2.31 bits per heavy atom. The van der Waals surface area contributed by atoms with Crippen LogP contribution in [0.25, 0.3) is 21.9 Å². The summed E-state index contributed by atoms with van der Waals surface area (Å²) in [4.78, 5) is 12.5. The smallest absolute Gasteiger partial charge is 0.258 e. The number of pyridine rings is 1. The lowest BCUT2D eigenvalue weighted by atomic mass is 9.83. The molecule has 0 radical (unpaired) electrons. The van der Waals surface area contributed by atoms with E-state index in [1.165, 1.54) is 0 Å². The molecular formula is C22H25NO3. The lowest BCUT2D eigenvalue weighted by Crippen LogP contribution is -2.17. The second kappa shape index (κ2) is 6.61. The van der Waals surface area contributed by atoms with Crippen molar-refractivity contribution in [1.82, 2.24) is 4.57 Å². The molecule has 1 heterocycles. The van der Waals surface area contributed by atoms with E-state index in [-0.39, 0.29) is 17.6 Å². The summed E-state index contributed by atoms with van der Waals surface area (Å²) < 4.78 is 7.24. The van der Waals surface area contributed by atoms with Gasteiger partial charge in [-0.2, -0.15) is 0 Å². The highest BCUT2D eigenvalue weighted by Gasteiger charge is 2.22. The molecule has 0 aliphatic carbocycles. The van der Waals surface area contributed by atoms with Gasteiger partial charge in [0.1, 0.15) is 5.75 Å². The van der Waals surface area contributed by atoms with Gasteiger partial charge in [0.05, 0.1) is 13.7 Å². The molecule has 2 aromatic carbocycles. The first kappa shape index (κ1) is 18.2. The second-order valence-electron chi connectivity index (χ2n) is 7.62. The molecule has 3 aromatic rings. The number of nitrogens with zero attached hydrogens (tertiary/aromatic N) is 1. The molecule has 0 fully saturated rings. The summed E-state index contributed by atoms with van der Waals surface area (Å²) in [5, 5.41) is 11.6. The van der Waals surface area contributed by atoms with Crippen LogP contribution in [0, 0.1) is 0 Å². The van der Waals surface area contributed by atoms with E-state index in [1.807, 2.05) is 42.6 Å². The van der Waals surface area contributed by atoms with E-state index in [2.05, 4.69) is 20.8 Å². The number of hydrogen-bond donors (Lipinski definition) is 1. The van der Waals surface area contributed by atoms with Crippen molar-refractivity contribution in [3.05, 3.63) is 64.1 Å². The Balaban J connectivity index is 2.40. The molecule has 4 nitrogen and oxygen atoms in total. The van der Waals surface area contributed by atoms with Gasteiger partial charge in [0.15, 0.2) is 0 Å². The molecule has 0 unspecified atom stereocenters. The molecule has 1 N–H and O–H groups in total. The number of aryl methyl sites for hydroxylation is 1. The summed E-state index contributed by atoms with van der Waals surface area (Å²) in [6, 6.07) is 11.5. The van der Waals surface area contributed by atoms with E-state index in [9.17, 15) is 9.90 Å². The molecule has 26 heavy (non-hydrogen) atoms. The summed E-state index contributed by atoms with van der Waals surface area (Å²) >= 11 is 0. The van der Waals surface area contributed by atoms with E-state index < -0.39 is 0 Å². The van der Waals surface area contributed by atoms with Crippen LogP contribution in [0.15, 0.2) is 47.4 Å². The Hall–Kier alpha value is -2.59. The topological polar surface area (TPSA) is 51.5 Å². The van der Waals surface area contributed by atoms with Crippen molar-refractivity contribution in [1.29, 1.82) is 0 Å². The third-order valence-corrected chi connectivity index (χ3v) is 4.78. The zero-order valence-corrected chi connectivity index (χ0v) is 16.0. The maximum absolute atomic E-state index is 12.5. The van der Waals surface area contributed by atoms with Crippen molar-refractivity contribution < 1.29 is 9.84 Å². The van der Waals surface area contributed by atoms with Crippen molar-refractivity contribution in [2.24, 2.45) is 7.05 Å². The zero-order chi connectivity index (χ0) is 19.1. The Bertz CT molecular complexity index is 1030. The van der Waals surface area contributed by atoms with Gasteiger partial charge in [-0.15, -0.1) is 0 Å². The van der Waals surface area contributed by atoms with Gasteiger partial charge in [-0.25, -0.2) is 0 Å². The largest absolute Gasteiger partial charge is 0.496 e. The number of aliphatic hydroxyl groups is 1. The number of rotatable bonds is 3. The number of hydrogen-bond acceptors (Lipinski definition) is 3. The molecule has 4 heteroatoms. The molecular weight excluding hydrogens is 326 g/mol. The van der Waals surface area contributed by atoms with Gasteiger partial charge in [-0.3, -0.25) is 4.79 Å². The molecule has 0 amide bonds. The number of methoxy groups -OCH3 is 1. The standard InChI is InChI=1S/C22H25NO3/c1-22(2,3)19-10-14(13-24)17(11-20(19)26-5)18-12-23(4)21(25)16-9-7-6-8-15(16)18/h6-12,24H,13H2,1-5H3. The molecule has 0 aliphatic rings. The van der Waals surface area contributed by atoms with Crippen molar-refractivity contribution in [2.75, 3.05) is 7.11 Å². The quantitative estimate of drug-likeness (QED) is 0.776. The van der Waals surface area contributed by atoms with Gasteiger partial charge in [0, 0.05) is 24.2 Å². The fourth-order valence-electron chi connectivity index (χ4n) is 3.39. The van der Waals surface area contributed by atoms with E-state index >= 15 is 0 Å². The van der Waals surface area contributed by atoms with E-state index in [0.29, 0.717) is 5.39 Å². The van der Waals surface area contributed by atoms with Crippen molar-refractivity contribution >= 4 is 10.8 Å². The van der Waals surface area contributed by atoms with Crippen LogP contribution in [0.4, 0.5) is 0 Å². The summed E-state index contributed by atoms with van der Waals surface area (Å²) in [7, 11) is 3.41. The van der Waals surface area contributed by atoms with Crippen LogP contribution in [0.5, 0.6) is 5.75 Å². The highest BCUT2D eigenvalue weighted by atomic mass is 16.5. The molecule has 0 bridgehead atoms. The van der Waals surface area contributed by atoms with Crippen LogP contribution in [0.1, 0.15) is 31.9 Å². The third kappa shape index (κ3) is 3.01. The Labute approximate surface area is 153 Å². The molecule has 0 spiro atoms. The van der Waals surface area contributed by atoms with Crippen LogP contribution in [-0.4, -0.2) is 16.8 Å². The number of benzene rings is 2. The SMILES string of the molecule is COc1cc(-c2cn(C)c(=O)c3ccccc23)c(CO)cc1C(C)(C)C. The number of aliphatic hydroxyl groups excluding tert-OH is 1. The number of fused-ring (bicyclic) bond motifs is 1. The molecule has 1 aromatic heterocycles. The van der Waals surface area contributed by atoms with Crippen molar-refractivity contribution in [3.8, 4) is 16.9 Å². The maximum atomic E-state index is 12.5. The highest BCUT2D eigenvalue weighted by molar-refractivity contribution is 5.96. The molecule has 0 saturated carbocycles. The predicted molar refractivity (Wildman–Crippen MR) is 106 cm³/mol. The predicted octanol–water partition coefficient (Wildman–Crippen LogP) is 4.00. The summed E-state index contributed by atoms with van der Waals surface area (Å²) in [5.41, 5.74) is 3.50. The zero-order valence-electron chi connectivity index (χ0n) is 16.0. The fourth-order valence-corrected chi connectivity index (χ4v) is 3.39. The lowest BCUT2D eigenvalue weighted by molar-refractivity contribution is 0.281. The maximum Gasteiger partial charge on any atom is 0.258 e. The van der Waals surface area contributed by atoms with Gasteiger partial charge >= 0.3 is 0 Å². The van der Waals surface area contributed by atoms with E-state index in [4.69, 9.17) is 4.74 Å². The molecule has 0 aliphatic heterocycles. The first-order valence-corrected chi connectivity index (χ1v) is 8.69. The number of aromatic nitrogens is 1. The first-order valence-electron chi connectivity index (χ1n) is 8.69. The van der Waals surface area contributed by atoms with Gasteiger partial charge in [0.2, 0.25) is 0 Å². The second-order valence-corrected chi connectivity index (χ2v) is 7.62. The van der Waals surface area contributed by atoms with Crippen LogP contribution in [-0.2, 0) is 19.1 Å². The Morgan fingerprint density at radius 2 is 1.73 bits per heavy atom. The van der Waals surface area contributed by atoms with Gasteiger partial charge in [-0.1, -0.05) is 39.0 Å². The summed E-state index contributed by atoms with van der Waals surface area (Å²) in [6.45, 7) is 6.27. The van der Waals surface area contributed by atoms with Crippen molar-refractivity contribution in [2.45, 2.75) is 32.8 Å².